The number of hydrogen-bond acceptors (Lipinski definition) is 3. The largest absolute Gasteiger partial charge is 0.384 e. The molecule has 1 aliphatic heterocycles. The number of nitrogens with zero attached hydrogens (tertiary/aromatic N) is 1. The minimum Gasteiger partial charge on any atom is -0.384 e. The van der Waals surface area contributed by atoms with Gasteiger partial charge < -0.3 is 10.5 Å². The number of nitrogens with one attached hydrogen (secondary N) is 1. The lowest BCUT2D eigenvalue weighted by molar-refractivity contribution is -0.0127. The van der Waals surface area contributed by atoms with Gasteiger partial charge in [0, 0.05) is 24.7 Å². The molecule has 0 spiro atoms. The van der Waals surface area contributed by atoms with Crippen LogP contribution in [0.1, 0.15) is 24.5 Å². The van der Waals surface area contributed by atoms with E-state index in [0.717, 1.165) is 38.3 Å². The molecule has 1 aromatic carbocycles. The molecule has 1 unspecified atom stereocenters. The molecule has 98 valence electrons. The summed E-state index contributed by atoms with van der Waals surface area (Å²) >= 11 is 0. The SMILES string of the molecule is CCC1COCCN1Cc1cccc(C(=N)N)c1. The van der Waals surface area contributed by atoms with Gasteiger partial charge in [0.2, 0.25) is 0 Å². The molecular formula is C14H21N3O. The van der Waals surface area contributed by atoms with E-state index < -0.39 is 0 Å². The highest BCUT2D eigenvalue weighted by molar-refractivity contribution is 5.95. The Morgan fingerprint density at radius 3 is 3.11 bits per heavy atom. The second kappa shape index (κ2) is 5.98. The highest BCUT2D eigenvalue weighted by Crippen LogP contribution is 2.15. The molecule has 18 heavy (non-hydrogen) atoms. The first kappa shape index (κ1) is 13.1. The predicted molar refractivity (Wildman–Crippen MR) is 72.8 cm³/mol. The first-order chi connectivity index (χ1) is 8.70. The number of ether oxygens (including phenoxy) is 1. The Morgan fingerprint density at radius 2 is 2.39 bits per heavy atom. The highest BCUT2D eigenvalue weighted by Gasteiger charge is 2.21. The molecule has 1 saturated heterocycles. The molecule has 0 aromatic heterocycles. The van der Waals surface area contributed by atoms with Gasteiger partial charge in [-0.15, -0.1) is 0 Å². The second-order valence-corrected chi connectivity index (χ2v) is 4.72. The molecule has 1 heterocycles. The Labute approximate surface area is 108 Å². The van der Waals surface area contributed by atoms with E-state index in [-0.39, 0.29) is 5.84 Å². The minimum atomic E-state index is 0.130. The third kappa shape index (κ3) is 3.09. The van der Waals surface area contributed by atoms with Gasteiger partial charge in [-0.1, -0.05) is 25.1 Å². The highest BCUT2D eigenvalue weighted by atomic mass is 16.5. The fourth-order valence-corrected chi connectivity index (χ4v) is 2.35. The zero-order valence-corrected chi connectivity index (χ0v) is 10.9. The third-order valence-electron chi connectivity index (χ3n) is 3.44. The van der Waals surface area contributed by atoms with Crippen molar-refractivity contribution in [3.63, 3.8) is 0 Å². The molecule has 0 amide bonds. The molecular weight excluding hydrogens is 226 g/mol. The van der Waals surface area contributed by atoms with E-state index in [1.165, 1.54) is 5.56 Å². The van der Waals surface area contributed by atoms with Crippen molar-refractivity contribution in [1.82, 2.24) is 4.90 Å². The number of morpholine rings is 1. The van der Waals surface area contributed by atoms with Gasteiger partial charge in [-0.25, -0.2) is 0 Å². The van der Waals surface area contributed by atoms with Crippen molar-refractivity contribution in [2.45, 2.75) is 25.9 Å². The summed E-state index contributed by atoms with van der Waals surface area (Å²) < 4.78 is 5.51. The van der Waals surface area contributed by atoms with Crippen molar-refractivity contribution in [2.75, 3.05) is 19.8 Å². The standard InChI is InChI=1S/C14H21N3O/c1-2-13-10-18-7-6-17(13)9-11-4-3-5-12(8-11)14(15)16/h3-5,8,13H,2,6-7,9-10H2,1H3,(H3,15,16). The smallest absolute Gasteiger partial charge is 0.122 e. The first-order valence-corrected chi connectivity index (χ1v) is 6.46. The van der Waals surface area contributed by atoms with Crippen LogP contribution in [0.5, 0.6) is 0 Å². The van der Waals surface area contributed by atoms with Crippen LogP contribution in [0.15, 0.2) is 24.3 Å². The summed E-state index contributed by atoms with van der Waals surface area (Å²) in [6.45, 7) is 5.70. The van der Waals surface area contributed by atoms with Gasteiger partial charge in [-0.3, -0.25) is 10.3 Å². The van der Waals surface area contributed by atoms with Crippen LogP contribution in [0.4, 0.5) is 0 Å². The lowest BCUT2D eigenvalue weighted by atomic mass is 10.1. The third-order valence-corrected chi connectivity index (χ3v) is 3.44. The van der Waals surface area contributed by atoms with E-state index in [1.807, 2.05) is 18.2 Å². The van der Waals surface area contributed by atoms with Crippen LogP contribution in [0.2, 0.25) is 0 Å². The van der Waals surface area contributed by atoms with Crippen LogP contribution < -0.4 is 5.73 Å². The number of hydrogen-bond donors (Lipinski definition) is 2. The van der Waals surface area contributed by atoms with Gasteiger partial charge in [0.1, 0.15) is 5.84 Å². The molecule has 1 aromatic rings. The zero-order valence-electron chi connectivity index (χ0n) is 10.9. The van der Waals surface area contributed by atoms with Crippen molar-refractivity contribution < 1.29 is 4.74 Å². The fourth-order valence-electron chi connectivity index (χ4n) is 2.35. The summed E-state index contributed by atoms with van der Waals surface area (Å²) in [4.78, 5) is 2.45. The van der Waals surface area contributed by atoms with Gasteiger partial charge in [0.15, 0.2) is 0 Å². The Kier molecular flexibility index (Phi) is 4.33. The second-order valence-electron chi connectivity index (χ2n) is 4.72. The fraction of sp³-hybridized carbons (Fsp3) is 0.500. The topological polar surface area (TPSA) is 62.3 Å². The van der Waals surface area contributed by atoms with E-state index in [4.69, 9.17) is 15.9 Å². The van der Waals surface area contributed by atoms with E-state index >= 15 is 0 Å². The van der Waals surface area contributed by atoms with E-state index in [1.54, 1.807) is 0 Å². The van der Waals surface area contributed by atoms with Crippen molar-refractivity contribution in [3.05, 3.63) is 35.4 Å². The minimum absolute atomic E-state index is 0.130. The van der Waals surface area contributed by atoms with Gasteiger partial charge in [-0.05, 0) is 18.1 Å². The van der Waals surface area contributed by atoms with Crippen LogP contribution in [-0.4, -0.2) is 36.5 Å². The Morgan fingerprint density at radius 1 is 1.56 bits per heavy atom. The van der Waals surface area contributed by atoms with Gasteiger partial charge in [0.25, 0.3) is 0 Å². The van der Waals surface area contributed by atoms with Crippen molar-refractivity contribution >= 4 is 5.84 Å². The summed E-state index contributed by atoms with van der Waals surface area (Å²) in [6.07, 6.45) is 1.10. The summed E-state index contributed by atoms with van der Waals surface area (Å²) in [5, 5.41) is 7.47. The molecule has 0 radical (unpaired) electrons. The Balaban J connectivity index is 2.07. The summed E-state index contributed by atoms with van der Waals surface area (Å²) in [6, 6.07) is 8.44. The van der Waals surface area contributed by atoms with Crippen LogP contribution in [0.25, 0.3) is 0 Å². The molecule has 4 nitrogen and oxygen atoms in total. The monoisotopic (exact) mass is 247 g/mol. The Hall–Kier alpha value is -1.39. The van der Waals surface area contributed by atoms with Gasteiger partial charge in [-0.2, -0.15) is 0 Å². The quantitative estimate of drug-likeness (QED) is 0.627. The average molecular weight is 247 g/mol. The van der Waals surface area contributed by atoms with Gasteiger partial charge >= 0.3 is 0 Å². The predicted octanol–water partition coefficient (Wildman–Crippen LogP) is 1.58. The first-order valence-electron chi connectivity index (χ1n) is 6.46. The molecule has 2 rings (SSSR count). The molecule has 0 aliphatic carbocycles. The number of nitrogens with two attached hydrogens (primary N) is 1. The molecule has 3 N–H and O–H groups in total. The van der Waals surface area contributed by atoms with E-state index in [9.17, 15) is 0 Å². The average Bonchev–Trinajstić information content (AvgIpc) is 2.39. The number of benzene rings is 1. The zero-order chi connectivity index (χ0) is 13.0. The summed E-state index contributed by atoms with van der Waals surface area (Å²) in [7, 11) is 0. The maximum absolute atomic E-state index is 7.47. The molecule has 1 atom stereocenters. The molecule has 1 fully saturated rings. The maximum atomic E-state index is 7.47. The normalized spacial score (nSPS) is 20.8. The van der Waals surface area contributed by atoms with Crippen LogP contribution >= 0.6 is 0 Å². The lowest BCUT2D eigenvalue weighted by Crippen LogP contribution is -2.44. The van der Waals surface area contributed by atoms with Crippen molar-refractivity contribution in [3.8, 4) is 0 Å². The van der Waals surface area contributed by atoms with Crippen LogP contribution in [0.3, 0.4) is 0 Å². The molecule has 1 aliphatic rings. The Bertz CT molecular complexity index is 419. The van der Waals surface area contributed by atoms with E-state index in [2.05, 4.69) is 17.9 Å². The van der Waals surface area contributed by atoms with Crippen LogP contribution in [-0.2, 0) is 11.3 Å². The number of rotatable bonds is 4. The molecule has 0 bridgehead atoms. The van der Waals surface area contributed by atoms with Crippen molar-refractivity contribution in [1.29, 1.82) is 5.41 Å². The molecule has 0 saturated carbocycles. The number of amidine groups is 1. The lowest BCUT2D eigenvalue weighted by Gasteiger charge is -2.35. The number of nitrogen functional groups attached to an aromatic ring is 1. The maximum Gasteiger partial charge on any atom is 0.122 e. The molecule has 4 heteroatoms. The summed E-state index contributed by atoms with van der Waals surface area (Å²) in [5.74, 6) is 0.130. The summed E-state index contributed by atoms with van der Waals surface area (Å²) in [5.41, 5.74) is 7.53. The van der Waals surface area contributed by atoms with E-state index in [0.29, 0.717) is 6.04 Å². The van der Waals surface area contributed by atoms with Gasteiger partial charge in [0.05, 0.1) is 13.2 Å². The van der Waals surface area contributed by atoms with Crippen LogP contribution in [0, 0.1) is 5.41 Å². The van der Waals surface area contributed by atoms with Crippen molar-refractivity contribution in [2.24, 2.45) is 5.73 Å².